The van der Waals surface area contributed by atoms with Gasteiger partial charge in [0, 0.05) is 6.54 Å². The molecule has 0 spiro atoms. The van der Waals surface area contributed by atoms with Gasteiger partial charge in [-0.1, -0.05) is 44.2 Å². The molecule has 7 heteroatoms. The first-order valence-electron chi connectivity index (χ1n) is 9.29. The van der Waals surface area contributed by atoms with Crippen LogP contribution in [0.3, 0.4) is 0 Å². The number of benzene rings is 1. The summed E-state index contributed by atoms with van der Waals surface area (Å²) < 4.78 is 10.1. The minimum absolute atomic E-state index is 0.125. The highest BCUT2D eigenvalue weighted by molar-refractivity contribution is 5.90. The zero-order valence-corrected chi connectivity index (χ0v) is 16.1. The molecule has 148 valence electrons. The molecule has 1 aromatic carbocycles. The van der Waals surface area contributed by atoms with Gasteiger partial charge in [0.1, 0.15) is 18.7 Å². The van der Waals surface area contributed by atoms with Crippen LogP contribution in [-0.4, -0.2) is 48.6 Å². The molecular formula is C20H28N2O5. The van der Waals surface area contributed by atoms with Crippen molar-refractivity contribution in [3.63, 3.8) is 0 Å². The zero-order valence-electron chi connectivity index (χ0n) is 16.1. The summed E-state index contributed by atoms with van der Waals surface area (Å²) >= 11 is 0. The monoisotopic (exact) mass is 376 g/mol. The number of nitrogens with zero attached hydrogens (tertiary/aromatic N) is 1. The van der Waals surface area contributed by atoms with Crippen LogP contribution in [0.2, 0.25) is 0 Å². The van der Waals surface area contributed by atoms with Crippen LogP contribution in [-0.2, 0) is 25.7 Å². The molecule has 0 aliphatic carbocycles. The number of esters is 1. The first-order valence-corrected chi connectivity index (χ1v) is 9.29. The summed E-state index contributed by atoms with van der Waals surface area (Å²) in [5.41, 5.74) is 0.863. The smallest absolute Gasteiger partial charge is 0.408 e. The topological polar surface area (TPSA) is 84.9 Å². The lowest BCUT2D eigenvalue weighted by molar-refractivity contribution is -0.155. The molecule has 1 unspecified atom stereocenters. The normalized spacial score (nSPS) is 17.9. The van der Waals surface area contributed by atoms with E-state index in [0.29, 0.717) is 13.0 Å². The fourth-order valence-corrected chi connectivity index (χ4v) is 3.16. The van der Waals surface area contributed by atoms with Gasteiger partial charge in [-0.05, 0) is 30.7 Å². The second-order valence-electron chi connectivity index (χ2n) is 6.99. The Bertz CT molecular complexity index is 647. The van der Waals surface area contributed by atoms with E-state index in [1.807, 2.05) is 44.2 Å². The van der Waals surface area contributed by atoms with Crippen molar-refractivity contribution in [1.82, 2.24) is 10.2 Å². The molecule has 1 aromatic rings. The van der Waals surface area contributed by atoms with Crippen LogP contribution in [0.15, 0.2) is 30.3 Å². The average molecular weight is 376 g/mol. The Kier molecular flexibility index (Phi) is 7.64. The van der Waals surface area contributed by atoms with Gasteiger partial charge in [-0.3, -0.25) is 4.79 Å². The number of carbonyl (C=O) groups is 3. The van der Waals surface area contributed by atoms with Crippen molar-refractivity contribution < 1.29 is 23.9 Å². The molecule has 1 heterocycles. The maximum Gasteiger partial charge on any atom is 0.408 e. The van der Waals surface area contributed by atoms with Crippen molar-refractivity contribution in [2.45, 2.75) is 51.8 Å². The Morgan fingerprint density at radius 3 is 2.52 bits per heavy atom. The molecule has 7 nitrogen and oxygen atoms in total. The number of likely N-dealkylation sites (tertiary alicyclic amines) is 1. The molecule has 1 N–H and O–H groups in total. The summed E-state index contributed by atoms with van der Waals surface area (Å²) in [4.78, 5) is 38.8. The SMILES string of the molecule is COC(=O)[C@@H]1CCCCN1C(=O)C(NC(=O)OCc1ccccc1)C(C)C. The average Bonchev–Trinajstić information content (AvgIpc) is 2.70. The summed E-state index contributed by atoms with van der Waals surface area (Å²) in [6.45, 7) is 4.29. The number of amides is 2. The van der Waals surface area contributed by atoms with Gasteiger partial charge in [0.2, 0.25) is 5.91 Å². The number of piperidine rings is 1. The lowest BCUT2D eigenvalue weighted by Crippen LogP contribution is -2.57. The second-order valence-corrected chi connectivity index (χ2v) is 6.99. The van der Waals surface area contributed by atoms with E-state index in [-0.39, 0.29) is 18.4 Å². The molecule has 2 rings (SSSR count). The Balaban J connectivity index is 2.01. The third-order valence-corrected chi connectivity index (χ3v) is 4.68. The van der Waals surface area contributed by atoms with Gasteiger partial charge in [-0.15, -0.1) is 0 Å². The first kappa shape index (κ1) is 20.7. The van der Waals surface area contributed by atoms with Gasteiger partial charge in [0.05, 0.1) is 7.11 Å². The van der Waals surface area contributed by atoms with Gasteiger partial charge in [-0.2, -0.15) is 0 Å². The van der Waals surface area contributed by atoms with Crippen molar-refractivity contribution in [2.24, 2.45) is 5.92 Å². The van der Waals surface area contributed by atoms with Crippen molar-refractivity contribution in [2.75, 3.05) is 13.7 Å². The van der Waals surface area contributed by atoms with E-state index in [9.17, 15) is 14.4 Å². The number of rotatable bonds is 6. The summed E-state index contributed by atoms with van der Waals surface area (Å²) in [6, 6.07) is 7.95. The summed E-state index contributed by atoms with van der Waals surface area (Å²) in [7, 11) is 1.32. The fourth-order valence-electron chi connectivity index (χ4n) is 3.16. The van der Waals surface area contributed by atoms with E-state index >= 15 is 0 Å². The van der Waals surface area contributed by atoms with Gasteiger partial charge < -0.3 is 19.7 Å². The predicted molar refractivity (Wildman–Crippen MR) is 99.8 cm³/mol. The minimum atomic E-state index is -0.765. The van der Waals surface area contributed by atoms with E-state index < -0.39 is 24.1 Å². The van der Waals surface area contributed by atoms with Crippen LogP contribution in [0.5, 0.6) is 0 Å². The number of hydrogen-bond donors (Lipinski definition) is 1. The van der Waals surface area contributed by atoms with Gasteiger partial charge >= 0.3 is 12.1 Å². The molecule has 0 radical (unpaired) electrons. The number of methoxy groups -OCH3 is 1. The Morgan fingerprint density at radius 2 is 1.89 bits per heavy atom. The number of alkyl carbamates (subject to hydrolysis) is 1. The highest BCUT2D eigenvalue weighted by atomic mass is 16.5. The zero-order chi connectivity index (χ0) is 19.8. The largest absolute Gasteiger partial charge is 0.467 e. The lowest BCUT2D eigenvalue weighted by atomic mass is 9.97. The molecule has 2 atom stereocenters. The van der Waals surface area contributed by atoms with Crippen molar-refractivity contribution in [3.05, 3.63) is 35.9 Å². The number of carbonyl (C=O) groups excluding carboxylic acids is 3. The number of ether oxygens (including phenoxy) is 2. The fraction of sp³-hybridized carbons (Fsp3) is 0.550. The Hall–Kier alpha value is -2.57. The van der Waals surface area contributed by atoms with Crippen LogP contribution in [0.25, 0.3) is 0 Å². The van der Waals surface area contributed by atoms with Gasteiger partial charge in [0.25, 0.3) is 0 Å². The molecule has 0 saturated carbocycles. The third-order valence-electron chi connectivity index (χ3n) is 4.68. The molecule has 1 fully saturated rings. The molecule has 1 aliphatic rings. The third kappa shape index (κ3) is 5.70. The van der Waals surface area contributed by atoms with Gasteiger partial charge in [0.15, 0.2) is 0 Å². The van der Waals surface area contributed by atoms with Crippen molar-refractivity contribution in [3.8, 4) is 0 Å². The molecule has 2 amide bonds. The predicted octanol–water partition coefficient (Wildman–Crippen LogP) is 2.49. The van der Waals surface area contributed by atoms with Crippen LogP contribution >= 0.6 is 0 Å². The van der Waals surface area contributed by atoms with E-state index in [1.165, 1.54) is 12.0 Å². The second kappa shape index (κ2) is 9.94. The molecule has 0 bridgehead atoms. The highest BCUT2D eigenvalue weighted by Gasteiger charge is 2.37. The lowest BCUT2D eigenvalue weighted by Gasteiger charge is -2.37. The molecule has 1 aliphatic heterocycles. The van der Waals surface area contributed by atoms with Crippen LogP contribution in [0.4, 0.5) is 4.79 Å². The maximum absolute atomic E-state index is 13.0. The molecule has 1 saturated heterocycles. The highest BCUT2D eigenvalue weighted by Crippen LogP contribution is 2.21. The van der Waals surface area contributed by atoms with Crippen LogP contribution in [0.1, 0.15) is 38.7 Å². The summed E-state index contributed by atoms with van der Waals surface area (Å²) in [6.07, 6.45) is 1.60. The Labute approximate surface area is 160 Å². The Morgan fingerprint density at radius 1 is 1.19 bits per heavy atom. The number of nitrogens with one attached hydrogen (secondary N) is 1. The molecule has 27 heavy (non-hydrogen) atoms. The van der Waals surface area contributed by atoms with E-state index in [1.54, 1.807) is 0 Å². The molecule has 0 aromatic heterocycles. The van der Waals surface area contributed by atoms with E-state index in [0.717, 1.165) is 18.4 Å². The number of hydrogen-bond acceptors (Lipinski definition) is 5. The first-order chi connectivity index (χ1) is 12.9. The quantitative estimate of drug-likeness (QED) is 0.771. The van der Waals surface area contributed by atoms with Crippen molar-refractivity contribution >= 4 is 18.0 Å². The molecular weight excluding hydrogens is 348 g/mol. The van der Waals surface area contributed by atoms with Crippen molar-refractivity contribution in [1.29, 1.82) is 0 Å². The standard InChI is InChI=1S/C20H28N2O5/c1-14(2)17(21-20(25)27-13-15-9-5-4-6-10-15)18(23)22-12-8-7-11-16(22)19(24)26-3/h4-6,9-10,14,16-17H,7-8,11-13H2,1-3H3,(H,21,25)/t16-,17?/m0/s1. The van der Waals surface area contributed by atoms with E-state index in [4.69, 9.17) is 9.47 Å². The minimum Gasteiger partial charge on any atom is -0.467 e. The maximum atomic E-state index is 13.0. The van der Waals surface area contributed by atoms with Crippen LogP contribution < -0.4 is 5.32 Å². The van der Waals surface area contributed by atoms with Gasteiger partial charge in [-0.25, -0.2) is 9.59 Å². The van der Waals surface area contributed by atoms with E-state index in [2.05, 4.69) is 5.32 Å². The summed E-state index contributed by atoms with van der Waals surface area (Å²) in [5.74, 6) is -0.851. The summed E-state index contributed by atoms with van der Waals surface area (Å²) in [5, 5.41) is 2.66. The van der Waals surface area contributed by atoms with Crippen LogP contribution in [0, 0.1) is 5.92 Å².